The van der Waals surface area contributed by atoms with Gasteiger partial charge in [-0.25, -0.2) is 0 Å². The molecule has 1 aliphatic heterocycles. The molecule has 2 nitrogen and oxygen atoms in total. The molecule has 1 aromatic carbocycles. The lowest BCUT2D eigenvalue weighted by atomic mass is 9.94. The van der Waals surface area contributed by atoms with Crippen LogP contribution in [0.4, 0.5) is 18.9 Å². The van der Waals surface area contributed by atoms with Crippen LogP contribution in [0.5, 0.6) is 0 Å². The van der Waals surface area contributed by atoms with Crippen LogP contribution in [0.3, 0.4) is 0 Å². The Bertz CT molecular complexity index is 475. The molecule has 21 heavy (non-hydrogen) atoms. The van der Waals surface area contributed by atoms with Crippen molar-refractivity contribution in [2.24, 2.45) is 11.7 Å². The van der Waals surface area contributed by atoms with Crippen molar-refractivity contribution in [2.45, 2.75) is 45.3 Å². The van der Waals surface area contributed by atoms with Crippen LogP contribution >= 0.6 is 0 Å². The first-order valence-corrected chi connectivity index (χ1v) is 7.44. The van der Waals surface area contributed by atoms with Crippen LogP contribution in [0.15, 0.2) is 18.2 Å². The molecule has 0 spiro atoms. The maximum atomic E-state index is 12.7. The normalized spacial score (nSPS) is 18.9. The van der Waals surface area contributed by atoms with Crippen LogP contribution in [0.1, 0.15) is 30.9 Å². The largest absolute Gasteiger partial charge is 0.391 e. The van der Waals surface area contributed by atoms with E-state index in [0.29, 0.717) is 13.1 Å². The highest BCUT2D eigenvalue weighted by Crippen LogP contribution is 2.36. The molecule has 118 valence electrons. The number of alkyl halides is 3. The molecule has 0 aromatic heterocycles. The zero-order valence-corrected chi connectivity index (χ0v) is 12.6. The summed E-state index contributed by atoms with van der Waals surface area (Å²) < 4.78 is 38.2. The third-order valence-electron chi connectivity index (χ3n) is 4.08. The molecule has 1 aromatic rings. The lowest BCUT2D eigenvalue weighted by molar-refractivity contribution is -0.179. The van der Waals surface area contributed by atoms with Gasteiger partial charge < -0.3 is 10.6 Å². The molecule has 1 saturated heterocycles. The first-order valence-electron chi connectivity index (χ1n) is 7.44. The predicted molar refractivity (Wildman–Crippen MR) is 79.5 cm³/mol. The molecule has 2 N–H and O–H groups in total. The average Bonchev–Trinajstić information content (AvgIpc) is 2.37. The van der Waals surface area contributed by atoms with Crippen molar-refractivity contribution in [3.8, 4) is 0 Å². The van der Waals surface area contributed by atoms with Crippen molar-refractivity contribution in [2.75, 3.05) is 18.0 Å². The van der Waals surface area contributed by atoms with Crippen LogP contribution in [0.25, 0.3) is 0 Å². The van der Waals surface area contributed by atoms with Crippen molar-refractivity contribution in [3.63, 3.8) is 0 Å². The molecule has 2 rings (SSSR count). The van der Waals surface area contributed by atoms with E-state index in [1.54, 1.807) is 0 Å². The lowest BCUT2D eigenvalue weighted by Gasteiger charge is -2.35. The van der Waals surface area contributed by atoms with Gasteiger partial charge in [-0.15, -0.1) is 0 Å². The first-order chi connectivity index (χ1) is 9.77. The van der Waals surface area contributed by atoms with E-state index in [4.69, 9.17) is 5.73 Å². The standard InChI is InChI=1S/C16H23F3N2/c1-11-3-4-15(13(9-11)10-12(2)20)21-7-5-14(6-8-21)16(17,18)19/h3-4,9,12,14H,5-8,10,20H2,1-2H3. The van der Waals surface area contributed by atoms with Gasteiger partial charge in [-0.05, 0) is 44.7 Å². The number of piperidine rings is 1. The van der Waals surface area contributed by atoms with Crippen molar-refractivity contribution in [3.05, 3.63) is 29.3 Å². The Morgan fingerprint density at radius 1 is 1.29 bits per heavy atom. The van der Waals surface area contributed by atoms with Crippen molar-refractivity contribution >= 4 is 5.69 Å². The summed E-state index contributed by atoms with van der Waals surface area (Å²) in [5.74, 6) is -1.16. The number of hydrogen-bond donors (Lipinski definition) is 1. The Hall–Kier alpha value is -1.23. The van der Waals surface area contributed by atoms with Crippen LogP contribution < -0.4 is 10.6 Å². The molecule has 0 amide bonds. The van der Waals surface area contributed by atoms with E-state index in [0.717, 1.165) is 23.2 Å². The van der Waals surface area contributed by atoms with Gasteiger partial charge >= 0.3 is 6.18 Å². The molecule has 0 saturated carbocycles. The molecule has 1 fully saturated rings. The highest BCUT2D eigenvalue weighted by Gasteiger charge is 2.41. The molecule has 1 unspecified atom stereocenters. The van der Waals surface area contributed by atoms with E-state index in [2.05, 4.69) is 11.0 Å². The van der Waals surface area contributed by atoms with Gasteiger partial charge in [0.1, 0.15) is 0 Å². The Morgan fingerprint density at radius 2 is 1.90 bits per heavy atom. The van der Waals surface area contributed by atoms with E-state index in [1.807, 2.05) is 26.0 Å². The highest BCUT2D eigenvalue weighted by molar-refractivity contribution is 5.55. The van der Waals surface area contributed by atoms with Gasteiger partial charge in [0.25, 0.3) is 0 Å². The van der Waals surface area contributed by atoms with E-state index in [-0.39, 0.29) is 18.9 Å². The van der Waals surface area contributed by atoms with Gasteiger partial charge in [-0.1, -0.05) is 17.7 Å². The smallest absolute Gasteiger partial charge is 0.371 e. The minimum atomic E-state index is -4.06. The zero-order valence-electron chi connectivity index (χ0n) is 12.6. The van der Waals surface area contributed by atoms with Gasteiger partial charge in [0.05, 0.1) is 5.92 Å². The number of benzene rings is 1. The average molecular weight is 300 g/mol. The van der Waals surface area contributed by atoms with Crippen LogP contribution in [-0.2, 0) is 6.42 Å². The number of nitrogens with two attached hydrogens (primary N) is 1. The van der Waals surface area contributed by atoms with Crippen LogP contribution in [0, 0.1) is 12.8 Å². The molecule has 5 heteroatoms. The number of halogens is 3. The van der Waals surface area contributed by atoms with Crippen LogP contribution in [0.2, 0.25) is 0 Å². The van der Waals surface area contributed by atoms with Crippen LogP contribution in [-0.4, -0.2) is 25.3 Å². The Balaban J connectivity index is 2.13. The predicted octanol–water partition coefficient (Wildman–Crippen LogP) is 3.66. The summed E-state index contributed by atoms with van der Waals surface area (Å²) in [6.07, 6.45) is -2.96. The third kappa shape index (κ3) is 4.13. The van der Waals surface area contributed by atoms with Crippen molar-refractivity contribution < 1.29 is 13.2 Å². The lowest BCUT2D eigenvalue weighted by Crippen LogP contribution is -2.39. The van der Waals surface area contributed by atoms with Gasteiger partial charge in [-0.3, -0.25) is 0 Å². The maximum absolute atomic E-state index is 12.7. The van der Waals surface area contributed by atoms with Gasteiger partial charge in [0.2, 0.25) is 0 Å². The zero-order chi connectivity index (χ0) is 15.6. The fourth-order valence-electron chi connectivity index (χ4n) is 2.98. The van der Waals surface area contributed by atoms with Gasteiger partial charge in [-0.2, -0.15) is 13.2 Å². The quantitative estimate of drug-likeness (QED) is 0.923. The second-order valence-corrected chi connectivity index (χ2v) is 6.12. The minimum absolute atomic E-state index is 0.0401. The SMILES string of the molecule is Cc1ccc(N2CCC(C(F)(F)F)CC2)c(CC(C)N)c1. The summed E-state index contributed by atoms with van der Waals surface area (Å²) in [7, 11) is 0. The monoisotopic (exact) mass is 300 g/mol. The second-order valence-electron chi connectivity index (χ2n) is 6.12. The number of aryl methyl sites for hydroxylation is 1. The maximum Gasteiger partial charge on any atom is 0.391 e. The molecular weight excluding hydrogens is 277 g/mol. The molecule has 0 bridgehead atoms. The summed E-state index contributed by atoms with van der Waals surface area (Å²) in [4.78, 5) is 2.07. The Morgan fingerprint density at radius 3 is 2.43 bits per heavy atom. The Kier molecular flexibility index (Phi) is 4.81. The Labute approximate surface area is 124 Å². The summed E-state index contributed by atoms with van der Waals surface area (Å²) in [6, 6.07) is 6.16. The van der Waals surface area contributed by atoms with Crippen molar-refractivity contribution in [1.29, 1.82) is 0 Å². The van der Waals surface area contributed by atoms with Crippen molar-refractivity contribution in [1.82, 2.24) is 0 Å². The van der Waals surface area contributed by atoms with E-state index in [1.165, 1.54) is 0 Å². The van der Waals surface area contributed by atoms with E-state index < -0.39 is 12.1 Å². The molecule has 0 aliphatic carbocycles. The van der Waals surface area contributed by atoms with Gasteiger partial charge in [0, 0.05) is 24.8 Å². The highest BCUT2D eigenvalue weighted by atomic mass is 19.4. The number of hydrogen-bond acceptors (Lipinski definition) is 2. The van der Waals surface area contributed by atoms with E-state index in [9.17, 15) is 13.2 Å². The van der Waals surface area contributed by atoms with E-state index >= 15 is 0 Å². The molecule has 0 radical (unpaired) electrons. The summed E-state index contributed by atoms with van der Waals surface area (Å²) >= 11 is 0. The minimum Gasteiger partial charge on any atom is -0.371 e. The molecule has 1 atom stereocenters. The number of rotatable bonds is 3. The topological polar surface area (TPSA) is 29.3 Å². The third-order valence-corrected chi connectivity index (χ3v) is 4.08. The van der Waals surface area contributed by atoms with Gasteiger partial charge in [0.15, 0.2) is 0 Å². The molecule has 1 aliphatic rings. The molecule has 1 heterocycles. The fourth-order valence-corrected chi connectivity index (χ4v) is 2.98. The summed E-state index contributed by atoms with van der Waals surface area (Å²) in [5.41, 5.74) is 9.21. The number of anilines is 1. The molecular formula is C16H23F3N2. The fraction of sp³-hybridized carbons (Fsp3) is 0.625. The summed E-state index contributed by atoms with van der Waals surface area (Å²) in [6.45, 7) is 4.88. The first kappa shape index (κ1) is 16.1. The summed E-state index contributed by atoms with van der Waals surface area (Å²) in [5, 5.41) is 0. The number of nitrogens with zero attached hydrogens (tertiary/aromatic N) is 1. The second kappa shape index (κ2) is 6.26.